The fourth-order valence-electron chi connectivity index (χ4n) is 2.92. The molecule has 0 amide bonds. The zero-order valence-electron chi connectivity index (χ0n) is 12.7. The molecule has 0 bridgehead atoms. The molecule has 1 saturated heterocycles. The molecular formula is C16H22FN5. The number of hydrogen-bond donors (Lipinski definition) is 3. The van der Waals surface area contributed by atoms with Gasteiger partial charge in [-0.2, -0.15) is 0 Å². The van der Waals surface area contributed by atoms with E-state index in [2.05, 4.69) is 32.6 Å². The minimum atomic E-state index is -0.198. The van der Waals surface area contributed by atoms with Gasteiger partial charge in [0, 0.05) is 37.9 Å². The van der Waals surface area contributed by atoms with Crippen LogP contribution in [0.3, 0.4) is 0 Å². The third-order valence-corrected chi connectivity index (χ3v) is 4.15. The Morgan fingerprint density at radius 1 is 1.36 bits per heavy atom. The summed E-state index contributed by atoms with van der Waals surface area (Å²) in [6, 6.07) is 6.91. The minimum absolute atomic E-state index is 0.194. The van der Waals surface area contributed by atoms with Crippen molar-refractivity contribution in [2.24, 2.45) is 5.92 Å². The Morgan fingerprint density at radius 2 is 2.18 bits per heavy atom. The van der Waals surface area contributed by atoms with E-state index in [1.54, 1.807) is 0 Å². The van der Waals surface area contributed by atoms with Gasteiger partial charge in [0.05, 0.1) is 12.6 Å². The van der Waals surface area contributed by atoms with Crippen LogP contribution in [0.15, 0.2) is 36.7 Å². The third-order valence-electron chi connectivity index (χ3n) is 4.15. The smallest absolute Gasteiger partial charge is 0.123 e. The molecule has 22 heavy (non-hydrogen) atoms. The number of benzene rings is 1. The quantitative estimate of drug-likeness (QED) is 0.759. The van der Waals surface area contributed by atoms with Crippen LogP contribution in [0.25, 0.3) is 0 Å². The maximum Gasteiger partial charge on any atom is 0.123 e. The number of hydrogen-bond acceptors (Lipinski definition) is 4. The first kappa shape index (κ1) is 15.1. The van der Waals surface area contributed by atoms with Crippen molar-refractivity contribution in [2.45, 2.75) is 26.1 Å². The maximum absolute atomic E-state index is 13.0. The first-order chi connectivity index (χ1) is 10.8. The molecule has 0 radical (unpaired) electrons. The molecule has 1 fully saturated rings. The molecule has 0 saturated carbocycles. The van der Waals surface area contributed by atoms with E-state index in [0.29, 0.717) is 5.92 Å². The topological polar surface area (TPSA) is 53.9 Å². The molecule has 0 aliphatic carbocycles. The molecule has 2 heterocycles. The lowest BCUT2D eigenvalue weighted by atomic mass is 9.95. The van der Waals surface area contributed by atoms with Crippen LogP contribution in [-0.2, 0) is 13.1 Å². The van der Waals surface area contributed by atoms with Crippen molar-refractivity contribution in [3.05, 3.63) is 53.9 Å². The molecule has 0 spiro atoms. The first-order valence-electron chi connectivity index (χ1n) is 7.72. The average molecular weight is 303 g/mol. The van der Waals surface area contributed by atoms with Crippen LogP contribution in [0.1, 0.15) is 24.4 Å². The third kappa shape index (κ3) is 3.35. The second-order valence-electron chi connectivity index (χ2n) is 5.57. The van der Waals surface area contributed by atoms with Gasteiger partial charge in [-0.15, -0.1) is 0 Å². The highest BCUT2D eigenvalue weighted by atomic mass is 19.1. The molecule has 1 aromatic carbocycles. The second-order valence-corrected chi connectivity index (χ2v) is 5.57. The first-order valence-corrected chi connectivity index (χ1v) is 7.72. The van der Waals surface area contributed by atoms with Crippen molar-refractivity contribution in [3.63, 3.8) is 0 Å². The van der Waals surface area contributed by atoms with Crippen LogP contribution < -0.4 is 16.2 Å². The van der Waals surface area contributed by atoms with Crippen LogP contribution in [0.4, 0.5) is 4.39 Å². The van der Waals surface area contributed by atoms with Crippen molar-refractivity contribution in [3.8, 4) is 0 Å². The fourth-order valence-corrected chi connectivity index (χ4v) is 2.92. The largest absolute Gasteiger partial charge is 0.334 e. The average Bonchev–Trinajstić information content (AvgIpc) is 3.17. The lowest BCUT2D eigenvalue weighted by Gasteiger charge is -2.19. The van der Waals surface area contributed by atoms with Gasteiger partial charge in [0.2, 0.25) is 0 Å². The second kappa shape index (κ2) is 7.00. The number of nitrogens with zero attached hydrogens (tertiary/aromatic N) is 2. The van der Waals surface area contributed by atoms with Crippen molar-refractivity contribution >= 4 is 0 Å². The molecule has 2 atom stereocenters. The van der Waals surface area contributed by atoms with E-state index in [9.17, 15) is 4.39 Å². The lowest BCUT2D eigenvalue weighted by molar-refractivity contribution is 0.435. The Balaban J connectivity index is 1.56. The molecular weight excluding hydrogens is 281 g/mol. The zero-order valence-corrected chi connectivity index (χ0v) is 12.7. The summed E-state index contributed by atoms with van der Waals surface area (Å²) in [7, 11) is 0. The van der Waals surface area contributed by atoms with Gasteiger partial charge in [0.1, 0.15) is 11.6 Å². The minimum Gasteiger partial charge on any atom is -0.334 e. The highest BCUT2D eigenvalue weighted by Gasteiger charge is 2.27. The molecule has 1 aliphatic rings. The van der Waals surface area contributed by atoms with Crippen LogP contribution in [0, 0.1) is 11.7 Å². The normalized spacial score (nSPS) is 21.4. The van der Waals surface area contributed by atoms with E-state index in [0.717, 1.165) is 37.6 Å². The Morgan fingerprint density at radius 3 is 2.95 bits per heavy atom. The van der Waals surface area contributed by atoms with Crippen LogP contribution in [0.5, 0.6) is 0 Å². The number of hydrazine groups is 1. The molecule has 6 heteroatoms. The van der Waals surface area contributed by atoms with Crippen molar-refractivity contribution in [1.29, 1.82) is 0 Å². The standard InChI is InChI=1S/C16H22FN5/c1-2-22-8-7-19-15(22)11-18-9-13-10-20-21-16(13)12-3-5-14(17)6-4-12/h3-8,13,16,18,20-21H,2,9-11H2,1H3. The van der Waals surface area contributed by atoms with Gasteiger partial charge in [-0.25, -0.2) is 14.8 Å². The number of aryl methyl sites for hydroxylation is 1. The summed E-state index contributed by atoms with van der Waals surface area (Å²) in [5.74, 6) is 1.27. The molecule has 3 N–H and O–H groups in total. The Bertz CT molecular complexity index is 595. The Kier molecular flexibility index (Phi) is 4.82. The molecule has 3 rings (SSSR count). The van der Waals surface area contributed by atoms with Crippen molar-refractivity contribution in [2.75, 3.05) is 13.1 Å². The van der Waals surface area contributed by atoms with E-state index < -0.39 is 0 Å². The molecule has 1 aliphatic heterocycles. The fraction of sp³-hybridized carbons (Fsp3) is 0.438. The van der Waals surface area contributed by atoms with Crippen LogP contribution >= 0.6 is 0 Å². The van der Waals surface area contributed by atoms with Gasteiger partial charge >= 0.3 is 0 Å². The highest BCUT2D eigenvalue weighted by Crippen LogP contribution is 2.24. The van der Waals surface area contributed by atoms with Crippen LogP contribution in [-0.4, -0.2) is 22.6 Å². The molecule has 2 unspecified atom stereocenters. The summed E-state index contributed by atoms with van der Waals surface area (Å²) in [5.41, 5.74) is 7.58. The summed E-state index contributed by atoms with van der Waals surface area (Å²) in [6.07, 6.45) is 3.83. The van der Waals surface area contributed by atoms with E-state index >= 15 is 0 Å². The Hall–Kier alpha value is -1.76. The van der Waals surface area contributed by atoms with E-state index in [1.807, 2.05) is 24.5 Å². The summed E-state index contributed by atoms with van der Waals surface area (Å²) >= 11 is 0. The summed E-state index contributed by atoms with van der Waals surface area (Å²) in [4.78, 5) is 4.37. The SMILES string of the molecule is CCn1ccnc1CNCC1CNNC1c1ccc(F)cc1. The van der Waals surface area contributed by atoms with E-state index in [-0.39, 0.29) is 11.9 Å². The molecule has 118 valence electrons. The predicted molar refractivity (Wildman–Crippen MR) is 83.4 cm³/mol. The highest BCUT2D eigenvalue weighted by molar-refractivity contribution is 5.21. The van der Waals surface area contributed by atoms with Gasteiger partial charge < -0.3 is 9.88 Å². The maximum atomic E-state index is 13.0. The van der Waals surface area contributed by atoms with Gasteiger partial charge in [-0.3, -0.25) is 5.43 Å². The van der Waals surface area contributed by atoms with Gasteiger partial charge in [-0.05, 0) is 24.6 Å². The Labute approximate surface area is 129 Å². The number of aromatic nitrogens is 2. The zero-order chi connectivity index (χ0) is 15.4. The van der Waals surface area contributed by atoms with Gasteiger partial charge in [0.15, 0.2) is 0 Å². The number of imidazole rings is 1. The van der Waals surface area contributed by atoms with Crippen molar-refractivity contribution in [1.82, 2.24) is 25.7 Å². The summed E-state index contributed by atoms with van der Waals surface area (Å²) in [5, 5.41) is 3.48. The van der Waals surface area contributed by atoms with Crippen molar-refractivity contribution < 1.29 is 4.39 Å². The number of halogens is 1. The monoisotopic (exact) mass is 303 g/mol. The molecule has 1 aromatic heterocycles. The molecule has 5 nitrogen and oxygen atoms in total. The van der Waals surface area contributed by atoms with Gasteiger partial charge in [-0.1, -0.05) is 12.1 Å². The molecule has 2 aromatic rings. The number of rotatable bonds is 6. The van der Waals surface area contributed by atoms with Gasteiger partial charge in [0.25, 0.3) is 0 Å². The van der Waals surface area contributed by atoms with E-state index in [1.165, 1.54) is 12.1 Å². The van der Waals surface area contributed by atoms with E-state index in [4.69, 9.17) is 0 Å². The van der Waals surface area contributed by atoms with Crippen LogP contribution in [0.2, 0.25) is 0 Å². The summed E-state index contributed by atoms with van der Waals surface area (Å²) < 4.78 is 15.2. The number of nitrogens with one attached hydrogen (secondary N) is 3. The summed E-state index contributed by atoms with van der Waals surface area (Å²) in [6.45, 7) is 5.56. The lowest BCUT2D eigenvalue weighted by Crippen LogP contribution is -2.29. The predicted octanol–water partition coefficient (Wildman–Crippen LogP) is 1.60.